The predicted molar refractivity (Wildman–Crippen MR) is 91.8 cm³/mol. The largest absolute Gasteiger partial charge is 0.481 e. The van der Waals surface area contributed by atoms with E-state index >= 15 is 0 Å². The number of hydrogen-bond acceptors (Lipinski definition) is 3. The van der Waals surface area contributed by atoms with E-state index in [9.17, 15) is 9.59 Å². The van der Waals surface area contributed by atoms with Gasteiger partial charge in [0, 0.05) is 19.7 Å². The lowest BCUT2D eigenvalue weighted by Gasteiger charge is -2.31. The van der Waals surface area contributed by atoms with E-state index < -0.39 is 5.97 Å². The molecule has 4 unspecified atom stereocenters. The Morgan fingerprint density at radius 3 is 2.54 bits per heavy atom. The van der Waals surface area contributed by atoms with Crippen molar-refractivity contribution >= 4 is 11.9 Å². The average molecular weight is 333 g/mol. The highest BCUT2D eigenvalue weighted by Crippen LogP contribution is 2.33. The summed E-state index contributed by atoms with van der Waals surface area (Å²) in [4.78, 5) is 26.2. The molecule has 1 heterocycles. The minimum Gasteiger partial charge on any atom is -0.481 e. The van der Waals surface area contributed by atoms with Crippen LogP contribution in [-0.4, -0.2) is 47.7 Å². The fraction of sp³-hybridized carbons (Fsp3) is 0.579. The Morgan fingerprint density at radius 1 is 1.33 bits per heavy atom. The zero-order valence-corrected chi connectivity index (χ0v) is 14.6. The molecule has 1 fully saturated rings. The van der Waals surface area contributed by atoms with Crippen molar-refractivity contribution in [1.82, 2.24) is 4.90 Å². The quantitative estimate of drug-likeness (QED) is 0.833. The number of carboxylic acid groups (broad SMARTS) is 1. The van der Waals surface area contributed by atoms with Crippen LogP contribution in [0.5, 0.6) is 0 Å². The van der Waals surface area contributed by atoms with Crippen LogP contribution < -0.4 is 0 Å². The Kier molecular flexibility index (Phi) is 6.37. The van der Waals surface area contributed by atoms with E-state index in [1.165, 1.54) is 0 Å². The molecule has 0 spiro atoms. The number of nitrogens with zero attached hydrogens (tertiary/aromatic N) is 1. The Hall–Kier alpha value is -1.88. The van der Waals surface area contributed by atoms with E-state index in [1.54, 1.807) is 12.0 Å². The molecule has 4 atom stereocenters. The molecular weight excluding hydrogens is 306 g/mol. The number of likely N-dealkylation sites (tertiary alicyclic amines) is 1. The Labute approximate surface area is 143 Å². The van der Waals surface area contributed by atoms with Crippen LogP contribution in [0.15, 0.2) is 30.3 Å². The minimum atomic E-state index is -0.880. The lowest BCUT2D eigenvalue weighted by Crippen LogP contribution is -2.41. The van der Waals surface area contributed by atoms with Crippen molar-refractivity contribution in [3.05, 3.63) is 35.9 Å². The van der Waals surface area contributed by atoms with Crippen molar-refractivity contribution in [3.63, 3.8) is 0 Å². The molecule has 0 saturated carbocycles. The van der Waals surface area contributed by atoms with Gasteiger partial charge in [-0.25, -0.2) is 0 Å². The van der Waals surface area contributed by atoms with E-state index in [2.05, 4.69) is 13.8 Å². The summed E-state index contributed by atoms with van der Waals surface area (Å²) >= 11 is 0. The van der Waals surface area contributed by atoms with E-state index in [4.69, 9.17) is 9.84 Å². The first kappa shape index (κ1) is 18.5. The highest BCUT2D eigenvalue weighted by molar-refractivity contribution is 5.85. The summed E-state index contributed by atoms with van der Waals surface area (Å²) in [6.45, 7) is 4.61. The molecule has 2 rings (SSSR count). The van der Waals surface area contributed by atoms with E-state index in [-0.39, 0.29) is 36.3 Å². The van der Waals surface area contributed by atoms with E-state index in [0.717, 1.165) is 12.0 Å². The second-order valence-electron chi connectivity index (χ2n) is 6.61. The summed E-state index contributed by atoms with van der Waals surface area (Å²) in [6.07, 6.45) is 1.34. The maximum absolute atomic E-state index is 13.3. The van der Waals surface area contributed by atoms with Gasteiger partial charge >= 0.3 is 5.97 Å². The molecule has 1 aliphatic heterocycles. The van der Waals surface area contributed by atoms with Gasteiger partial charge in [-0.15, -0.1) is 0 Å². The molecule has 5 heteroatoms. The highest BCUT2D eigenvalue weighted by Gasteiger charge is 2.40. The van der Waals surface area contributed by atoms with Gasteiger partial charge in [-0.3, -0.25) is 9.59 Å². The van der Waals surface area contributed by atoms with Gasteiger partial charge in [-0.05, 0) is 17.9 Å². The lowest BCUT2D eigenvalue weighted by molar-refractivity contribution is -0.140. The van der Waals surface area contributed by atoms with Crippen molar-refractivity contribution in [1.29, 1.82) is 0 Å². The van der Waals surface area contributed by atoms with Crippen molar-refractivity contribution in [3.8, 4) is 0 Å². The van der Waals surface area contributed by atoms with Gasteiger partial charge in [0.05, 0.1) is 18.4 Å². The van der Waals surface area contributed by atoms with Crippen LogP contribution in [-0.2, 0) is 14.3 Å². The Morgan fingerprint density at radius 2 is 2.00 bits per heavy atom. The standard InChI is InChI=1S/C19H27NO4/c1-4-13(2)18(14-8-6-5-7-9-14)19(23)20-12-16(24-3)10-15(20)11-17(21)22/h5-9,13,15-16,18H,4,10-12H2,1-3H3,(H,21,22). The number of rotatable bonds is 7. The first-order valence-corrected chi connectivity index (χ1v) is 8.57. The molecule has 1 amide bonds. The Bertz CT molecular complexity index is 560. The number of amides is 1. The molecule has 132 valence electrons. The number of aliphatic carboxylic acids is 1. The smallest absolute Gasteiger partial charge is 0.305 e. The second-order valence-corrected chi connectivity index (χ2v) is 6.61. The van der Waals surface area contributed by atoms with Crippen LogP contribution in [0.1, 0.15) is 44.6 Å². The maximum Gasteiger partial charge on any atom is 0.305 e. The van der Waals surface area contributed by atoms with Crippen LogP contribution in [0.4, 0.5) is 0 Å². The van der Waals surface area contributed by atoms with Gasteiger partial charge < -0.3 is 14.7 Å². The molecule has 1 aliphatic rings. The summed E-state index contributed by atoms with van der Waals surface area (Å²) in [5.74, 6) is -0.925. The first-order chi connectivity index (χ1) is 11.5. The zero-order chi connectivity index (χ0) is 17.7. The summed E-state index contributed by atoms with van der Waals surface area (Å²) in [6, 6.07) is 9.47. The van der Waals surface area contributed by atoms with Gasteiger partial charge in [0.1, 0.15) is 0 Å². The molecule has 24 heavy (non-hydrogen) atoms. The molecule has 1 aromatic carbocycles. The average Bonchev–Trinajstić information content (AvgIpc) is 2.98. The fourth-order valence-corrected chi connectivity index (χ4v) is 3.50. The number of hydrogen-bond donors (Lipinski definition) is 1. The first-order valence-electron chi connectivity index (χ1n) is 8.57. The molecule has 0 aromatic heterocycles. The molecule has 5 nitrogen and oxygen atoms in total. The normalized spacial score (nSPS) is 23.0. The number of methoxy groups -OCH3 is 1. The van der Waals surface area contributed by atoms with Crippen molar-refractivity contribution in [2.75, 3.05) is 13.7 Å². The summed E-state index contributed by atoms with van der Waals surface area (Å²) < 4.78 is 5.39. The van der Waals surface area contributed by atoms with Gasteiger partial charge in [0.25, 0.3) is 0 Å². The molecular formula is C19H27NO4. The van der Waals surface area contributed by atoms with Crippen LogP contribution in [0.3, 0.4) is 0 Å². The third-order valence-electron chi connectivity index (χ3n) is 5.04. The van der Waals surface area contributed by atoms with E-state index in [0.29, 0.717) is 13.0 Å². The van der Waals surface area contributed by atoms with Crippen molar-refractivity contribution in [2.24, 2.45) is 5.92 Å². The second kappa shape index (κ2) is 8.29. The van der Waals surface area contributed by atoms with Crippen molar-refractivity contribution < 1.29 is 19.4 Å². The van der Waals surface area contributed by atoms with Gasteiger partial charge in [0.2, 0.25) is 5.91 Å². The Balaban J connectivity index is 2.28. The number of carboxylic acids is 1. The van der Waals surface area contributed by atoms with Crippen LogP contribution in [0.25, 0.3) is 0 Å². The van der Waals surface area contributed by atoms with Crippen LogP contribution >= 0.6 is 0 Å². The molecule has 0 radical (unpaired) electrons. The minimum absolute atomic E-state index is 0.0151. The van der Waals surface area contributed by atoms with Gasteiger partial charge in [-0.1, -0.05) is 50.6 Å². The van der Waals surface area contributed by atoms with E-state index in [1.807, 2.05) is 30.3 Å². The van der Waals surface area contributed by atoms with Crippen LogP contribution in [0, 0.1) is 5.92 Å². The van der Waals surface area contributed by atoms with Gasteiger partial charge in [0.15, 0.2) is 0 Å². The number of benzene rings is 1. The summed E-state index contributed by atoms with van der Waals surface area (Å²) in [5, 5.41) is 9.16. The highest BCUT2D eigenvalue weighted by atomic mass is 16.5. The zero-order valence-electron chi connectivity index (χ0n) is 14.6. The molecule has 1 saturated heterocycles. The number of ether oxygens (including phenoxy) is 1. The SMILES string of the molecule is CCC(C)C(C(=O)N1CC(OC)CC1CC(=O)O)c1ccccc1. The molecule has 0 aliphatic carbocycles. The molecule has 1 aromatic rings. The maximum atomic E-state index is 13.3. The fourth-order valence-electron chi connectivity index (χ4n) is 3.50. The number of carbonyl (C=O) groups is 2. The van der Waals surface area contributed by atoms with Crippen LogP contribution in [0.2, 0.25) is 0 Å². The number of carbonyl (C=O) groups excluding carboxylic acids is 1. The summed E-state index contributed by atoms with van der Waals surface area (Å²) in [7, 11) is 1.61. The topological polar surface area (TPSA) is 66.8 Å². The third-order valence-corrected chi connectivity index (χ3v) is 5.04. The molecule has 0 bridgehead atoms. The lowest BCUT2D eigenvalue weighted by atomic mass is 9.84. The third kappa shape index (κ3) is 4.15. The van der Waals surface area contributed by atoms with Gasteiger partial charge in [-0.2, -0.15) is 0 Å². The monoisotopic (exact) mass is 333 g/mol. The summed E-state index contributed by atoms with van der Waals surface area (Å²) in [5.41, 5.74) is 0.992. The van der Waals surface area contributed by atoms with Crippen molar-refractivity contribution in [2.45, 2.75) is 51.2 Å². The predicted octanol–water partition coefficient (Wildman–Crippen LogP) is 2.91. The molecule has 1 N–H and O–H groups in total.